The van der Waals surface area contributed by atoms with Crippen molar-refractivity contribution in [2.75, 3.05) is 23.7 Å². The second-order valence-corrected chi connectivity index (χ2v) is 6.34. The summed E-state index contributed by atoms with van der Waals surface area (Å²) in [5, 5.41) is 6.71. The van der Waals surface area contributed by atoms with Crippen LogP contribution in [-0.4, -0.2) is 33.0 Å². The first-order valence-corrected chi connectivity index (χ1v) is 8.02. The van der Waals surface area contributed by atoms with Gasteiger partial charge in [-0.25, -0.2) is 4.98 Å². The fourth-order valence-electron chi connectivity index (χ4n) is 4.05. The number of hydrogen-bond donors (Lipinski definition) is 3. The summed E-state index contributed by atoms with van der Waals surface area (Å²) in [4.78, 5) is 16.4. The van der Waals surface area contributed by atoms with Gasteiger partial charge in [-0.1, -0.05) is 6.42 Å². The molecule has 6 heteroatoms. The topological polar surface area (TPSA) is 78.5 Å². The maximum atomic E-state index is 4.58. The quantitative estimate of drug-likeness (QED) is 0.787. The monoisotopic (exact) mass is 286 g/mol. The van der Waals surface area contributed by atoms with E-state index in [-0.39, 0.29) is 0 Å². The highest BCUT2D eigenvalue weighted by Crippen LogP contribution is 2.48. The Morgan fingerprint density at radius 1 is 1.24 bits per heavy atom. The standard InChI is InChI=1S/C15H22N6/c1-2-16-15-20-13(12-14(21-15)19-8-18-12)17-7-11-6-9-3-4-10(11)5-9/h8-11H,2-7H2,1H3,(H3,16,17,18,19,20,21). The minimum Gasteiger partial charge on any atom is -0.368 e. The molecule has 0 aromatic carbocycles. The maximum Gasteiger partial charge on any atom is 0.226 e. The number of nitrogens with zero attached hydrogens (tertiary/aromatic N) is 3. The van der Waals surface area contributed by atoms with Gasteiger partial charge in [0.15, 0.2) is 11.5 Å². The fraction of sp³-hybridized carbons (Fsp3) is 0.667. The Morgan fingerprint density at radius 3 is 2.95 bits per heavy atom. The third-order valence-corrected chi connectivity index (χ3v) is 5.04. The number of H-pyrrole nitrogens is 1. The van der Waals surface area contributed by atoms with Crippen LogP contribution >= 0.6 is 0 Å². The van der Waals surface area contributed by atoms with Crippen LogP contribution in [0.2, 0.25) is 0 Å². The zero-order valence-corrected chi connectivity index (χ0v) is 12.4. The van der Waals surface area contributed by atoms with Gasteiger partial charge in [0.25, 0.3) is 0 Å². The minimum absolute atomic E-state index is 0.646. The smallest absolute Gasteiger partial charge is 0.226 e. The Labute approximate surface area is 124 Å². The van der Waals surface area contributed by atoms with Crippen LogP contribution in [0.25, 0.3) is 11.2 Å². The number of rotatable bonds is 5. The molecule has 0 saturated heterocycles. The van der Waals surface area contributed by atoms with Gasteiger partial charge in [0.2, 0.25) is 5.95 Å². The Kier molecular flexibility index (Phi) is 3.16. The highest BCUT2D eigenvalue weighted by molar-refractivity contribution is 5.83. The molecule has 2 aliphatic rings. The summed E-state index contributed by atoms with van der Waals surface area (Å²) in [6.45, 7) is 3.86. The number of aromatic nitrogens is 4. The van der Waals surface area contributed by atoms with E-state index >= 15 is 0 Å². The fourth-order valence-corrected chi connectivity index (χ4v) is 4.05. The minimum atomic E-state index is 0.646. The Morgan fingerprint density at radius 2 is 2.19 bits per heavy atom. The largest absolute Gasteiger partial charge is 0.368 e. The molecule has 3 unspecified atom stereocenters. The van der Waals surface area contributed by atoms with Crippen LogP contribution in [0.5, 0.6) is 0 Å². The predicted molar refractivity (Wildman–Crippen MR) is 83.3 cm³/mol. The van der Waals surface area contributed by atoms with Crippen LogP contribution in [0.4, 0.5) is 11.8 Å². The van der Waals surface area contributed by atoms with Crippen molar-refractivity contribution in [3.05, 3.63) is 6.33 Å². The number of anilines is 2. The maximum absolute atomic E-state index is 4.58. The first kappa shape index (κ1) is 12.9. The molecule has 0 aliphatic heterocycles. The van der Waals surface area contributed by atoms with Crippen LogP contribution in [0.15, 0.2) is 6.33 Å². The SMILES string of the molecule is CCNc1nc(NCC2CC3CCC2C3)c2[nH]cnc2n1. The second kappa shape index (κ2) is 5.16. The Balaban J connectivity index is 1.53. The molecule has 2 fully saturated rings. The summed E-state index contributed by atoms with van der Waals surface area (Å²) < 4.78 is 0. The van der Waals surface area contributed by atoms with Crippen molar-refractivity contribution in [2.24, 2.45) is 17.8 Å². The van der Waals surface area contributed by atoms with Crippen molar-refractivity contribution in [3.63, 3.8) is 0 Å². The molecule has 0 amide bonds. The molecule has 2 saturated carbocycles. The van der Waals surface area contributed by atoms with E-state index in [1.165, 1.54) is 25.7 Å². The van der Waals surface area contributed by atoms with Crippen molar-refractivity contribution in [3.8, 4) is 0 Å². The van der Waals surface area contributed by atoms with E-state index in [1.54, 1.807) is 6.33 Å². The summed E-state index contributed by atoms with van der Waals surface area (Å²) in [6.07, 6.45) is 7.37. The Bertz CT molecular complexity index is 636. The van der Waals surface area contributed by atoms with Gasteiger partial charge in [0.05, 0.1) is 6.33 Å². The van der Waals surface area contributed by atoms with E-state index in [0.717, 1.165) is 47.8 Å². The molecule has 2 aromatic rings. The molecule has 21 heavy (non-hydrogen) atoms. The van der Waals surface area contributed by atoms with Crippen molar-refractivity contribution in [1.82, 2.24) is 19.9 Å². The number of fused-ring (bicyclic) bond motifs is 3. The normalized spacial score (nSPS) is 27.4. The van der Waals surface area contributed by atoms with E-state index in [0.29, 0.717) is 5.95 Å². The molecule has 3 N–H and O–H groups in total. The number of nitrogens with one attached hydrogen (secondary N) is 3. The molecule has 0 radical (unpaired) electrons. The lowest BCUT2D eigenvalue weighted by molar-refractivity contribution is 0.348. The molecule has 6 nitrogen and oxygen atoms in total. The van der Waals surface area contributed by atoms with Crippen molar-refractivity contribution in [2.45, 2.75) is 32.6 Å². The van der Waals surface area contributed by atoms with Crippen LogP contribution in [0.3, 0.4) is 0 Å². The molecule has 2 heterocycles. The van der Waals surface area contributed by atoms with Crippen molar-refractivity contribution >= 4 is 22.9 Å². The highest BCUT2D eigenvalue weighted by Gasteiger charge is 2.39. The molecule has 2 aliphatic carbocycles. The van der Waals surface area contributed by atoms with Gasteiger partial charge in [-0.05, 0) is 43.9 Å². The van der Waals surface area contributed by atoms with E-state index in [9.17, 15) is 0 Å². The van der Waals surface area contributed by atoms with Crippen LogP contribution in [0.1, 0.15) is 32.6 Å². The van der Waals surface area contributed by atoms with Gasteiger partial charge < -0.3 is 15.6 Å². The molecular weight excluding hydrogens is 264 g/mol. The van der Waals surface area contributed by atoms with Gasteiger partial charge in [-0.15, -0.1) is 0 Å². The highest BCUT2D eigenvalue weighted by atomic mass is 15.2. The van der Waals surface area contributed by atoms with E-state index in [2.05, 4.69) is 30.6 Å². The molecule has 112 valence electrons. The lowest BCUT2D eigenvalue weighted by Gasteiger charge is -2.22. The van der Waals surface area contributed by atoms with Gasteiger partial charge in [-0.2, -0.15) is 9.97 Å². The third kappa shape index (κ3) is 2.32. The predicted octanol–water partition coefficient (Wildman–Crippen LogP) is 2.63. The van der Waals surface area contributed by atoms with Gasteiger partial charge in [0, 0.05) is 13.1 Å². The third-order valence-electron chi connectivity index (χ3n) is 5.04. The van der Waals surface area contributed by atoms with Crippen LogP contribution in [-0.2, 0) is 0 Å². The zero-order chi connectivity index (χ0) is 14.2. The summed E-state index contributed by atoms with van der Waals surface area (Å²) in [5.74, 6) is 4.23. The number of hydrogen-bond acceptors (Lipinski definition) is 5. The zero-order valence-electron chi connectivity index (χ0n) is 12.4. The average molecular weight is 286 g/mol. The number of aromatic amines is 1. The van der Waals surface area contributed by atoms with Crippen molar-refractivity contribution < 1.29 is 0 Å². The van der Waals surface area contributed by atoms with E-state index in [1.807, 2.05) is 6.92 Å². The Hall–Kier alpha value is -1.85. The summed E-state index contributed by atoms with van der Waals surface area (Å²) in [6, 6.07) is 0. The summed E-state index contributed by atoms with van der Waals surface area (Å²) in [7, 11) is 0. The number of imidazole rings is 1. The molecule has 0 spiro atoms. The summed E-state index contributed by atoms with van der Waals surface area (Å²) >= 11 is 0. The van der Waals surface area contributed by atoms with Crippen LogP contribution < -0.4 is 10.6 Å². The van der Waals surface area contributed by atoms with Gasteiger partial charge in [-0.3, -0.25) is 0 Å². The molecule has 4 rings (SSSR count). The summed E-state index contributed by atoms with van der Waals surface area (Å²) in [5.41, 5.74) is 1.62. The lowest BCUT2D eigenvalue weighted by atomic mass is 9.89. The van der Waals surface area contributed by atoms with Gasteiger partial charge >= 0.3 is 0 Å². The van der Waals surface area contributed by atoms with Gasteiger partial charge in [0.1, 0.15) is 5.52 Å². The molecule has 2 bridgehead atoms. The molecular formula is C15H22N6. The molecule has 2 aromatic heterocycles. The first-order valence-electron chi connectivity index (χ1n) is 8.02. The van der Waals surface area contributed by atoms with E-state index in [4.69, 9.17) is 0 Å². The lowest BCUT2D eigenvalue weighted by Crippen LogP contribution is -2.21. The molecule has 3 atom stereocenters. The van der Waals surface area contributed by atoms with Crippen molar-refractivity contribution in [1.29, 1.82) is 0 Å². The van der Waals surface area contributed by atoms with E-state index < -0.39 is 0 Å². The average Bonchev–Trinajstić information content (AvgIpc) is 3.20. The second-order valence-electron chi connectivity index (χ2n) is 6.34. The van der Waals surface area contributed by atoms with Crippen LogP contribution in [0, 0.1) is 17.8 Å². The first-order chi connectivity index (χ1) is 10.3.